The fraction of sp³-hybridized carbons (Fsp3) is 0.308. The predicted molar refractivity (Wildman–Crippen MR) is 141 cm³/mol. The summed E-state index contributed by atoms with van der Waals surface area (Å²) in [5.74, 6) is 1.67. The van der Waals surface area contributed by atoms with Gasteiger partial charge in [0.05, 0.1) is 35.0 Å². The average molecular weight is 488 g/mol. The lowest BCUT2D eigenvalue weighted by Crippen LogP contribution is -2.36. The molecule has 2 aromatic heterocycles. The molecule has 1 aliphatic carbocycles. The van der Waals surface area contributed by atoms with Crippen LogP contribution in [0.3, 0.4) is 0 Å². The van der Waals surface area contributed by atoms with Gasteiger partial charge in [0, 0.05) is 41.8 Å². The largest absolute Gasteiger partial charge is 0.383 e. The molecule has 3 heterocycles. The Hall–Kier alpha value is -3.49. The Morgan fingerprint density at radius 2 is 2.00 bits per heavy atom. The van der Waals surface area contributed by atoms with Crippen molar-refractivity contribution in [1.82, 2.24) is 14.5 Å². The number of hydrogen-bond acceptors (Lipinski definition) is 5. The number of imidazole rings is 1. The number of amidine groups is 1. The van der Waals surface area contributed by atoms with Crippen LogP contribution in [0.4, 0.5) is 5.69 Å². The monoisotopic (exact) mass is 487 g/mol. The van der Waals surface area contributed by atoms with Crippen LogP contribution in [-0.2, 0) is 4.74 Å². The molecule has 0 bridgehead atoms. The molecule has 6 rings (SSSR count). The van der Waals surface area contributed by atoms with Gasteiger partial charge in [-0.05, 0) is 37.1 Å². The number of para-hydroxylation sites is 1. The molecule has 2 fully saturated rings. The third-order valence-electron chi connectivity index (χ3n) is 7.04. The Bertz CT molecular complexity index is 1470. The van der Waals surface area contributed by atoms with E-state index in [1.165, 1.54) is 6.42 Å². The number of ether oxygens (including phenoxy) is 1. The molecular formula is C26H26ClN7O. The van der Waals surface area contributed by atoms with Crippen LogP contribution < -0.4 is 10.6 Å². The lowest BCUT2D eigenvalue weighted by atomic mass is 9.84. The van der Waals surface area contributed by atoms with E-state index in [2.05, 4.69) is 31.6 Å². The second-order valence-corrected chi connectivity index (χ2v) is 9.41. The van der Waals surface area contributed by atoms with E-state index in [1.54, 1.807) is 6.20 Å². The molecular weight excluding hydrogens is 462 g/mol. The van der Waals surface area contributed by atoms with Crippen molar-refractivity contribution in [3.8, 4) is 5.69 Å². The number of hydrogen-bond donors (Lipinski definition) is 2. The van der Waals surface area contributed by atoms with E-state index in [0.717, 1.165) is 77.0 Å². The zero-order valence-electron chi connectivity index (χ0n) is 19.2. The number of nitrogens with one attached hydrogen (secondary N) is 1. The lowest BCUT2D eigenvalue weighted by molar-refractivity contribution is 0.122. The number of nitrogens with two attached hydrogens (primary N) is 1. The molecule has 3 N–H and O–H groups in total. The number of fused-ring (bicyclic) bond motifs is 2. The van der Waals surface area contributed by atoms with Gasteiger partial charge in [0.2, 0.25) is 0 Å². The van der Waals surface area contributed by atoms with Gasteiger partial charge in [-0.25, -0.2) is 9.98 Å². The van der Waals surface area contributed by atoms with Crippen molar-refractivity contribution in [1.29, 1.82) is 5.41 Å². The zero-order chi connectivity index (χ0) is 23.9. The van der Waals surface area contributed by atoms with E-state index in [9.17, 15) is 0 Å². The van der Waals surface area contributed by atoms with E-state index < -0.39 is 0 Å². The van der Waals surface area contributed by atoms with Crippen molar-refractivity contribution < 1.29 is 4.74 Å². The number of aliphatic imine (C=N–C) groups is 1. The van der Waals surface area contributed by atoms with Crippen LogP contribution >= 0.6 is 11.6 Å². The third kappa shape index (κ3) is 3.73. The first-order chi connectivity index (χ1) is 17.2. The van der Waals surface area contributed by atoms with Crippen molar-refractivity contribution in [2.45, 2.75) is 25.2 Å². The molecule has 1 aliphatic heterocycles. The van der Waals surface area contributed by atoms with Gasteiger partial charge in [0.15, 0.2) is 0 Å². The van der Waals surface area contributed by atoms with E-state index in [1.807, 2.05) is 24.3 Å². The quantitative estimate of drug-likeness (QED) is 0.315. The summed E-state index contributed by atoms with van der Waals surface area (Å²) in [7, 11) is 0. The maximum absolute atomic E-state index is 7.47. The minimum absolute atomic E-state index is 0.285. The van der Waals surface area contributed by atoms with Crippen LogP contribution in [0.5, 0.6) is 0 Å². The molecule has 9 heteroatoms. The summed E-state index contributed by atoms with van der Waals surface area (Å²) >= 11 is 6.52. The first kappa shape index (κ1) is 22.0. The Morgan fingerprint density at radius 3 is 2.74 bits per heavy atom. The van der Waals surface area contributed by atoms with Crippen molar-refractivity contribution in [2.24, 2.45) is 10.7 Å². The lowest BCUT2D eigenvalue weighted by Gasteiger charge is -2.29. The van der Waals surface area contributed by atoms with Crippen LogP contribution in [0.1, 0.15) is 36.6 Å². The minimum Gasteiger partial charge on any atom is -0.383 e. The highest BCUT2D eigenvalue weighted by molar-refractivity contribution is 6.35. The van der Waals surface area contributed by atoms with Gasteiger partial charge in [-0.2, -0.15) is 0 Å². The van der Waals surface area contributed by atoms with E-state index in [0.29, 0.717) is 24.2 Å². The van der Waals surface area contributed by atoms with E-state index in [-0.39, 0.29) is 5.84 Å². The summed E-state index contributed by atoms with van der Waals surface area (Å²) < 4.78 is 7.83. The molecule has 2 aromatic carbocycles. The summed E-state index contributed by atoms with van der Waals surface area (Å²) in [6.07, 6.45) is 6.17. The molecule has 8 nitrogen and oxygen atoms in total. The molecule has 35 heavy (non-hydrogen) atoms. The summed E-state index contributed by atoms with van der Waals surface area (Å²) in [6, 6.07) is 12.1. The first-order valence-electron chi connectivity index (χ1n) is 11.9. The molecule has 1 saturated carbocycles. The number of aromatic nitrogens is 3. The minimum atomic E-state index is 0.285. The van der Waals surface area contributed by atoms with Crippen molar-refractivity contribution in [2.75, 3.05) is 31.2 Å². The zero-order valence-corrected chi connectivity index (χ0v) is 20.0. The van der Waals surface area contributed by atoms with Gasteiger partial charge >= 0.3 is 0 Å². The number of morpholine rings is 1. The van der Waals surface area contributed by atoms with E-state index >= 15 is 0 Å². The van der Waals surface area contributed by atoms with Crippen molar-refractivity contribution in [3.63, 3.8) is 0 Å². The van der Waals surface area contributed by atoms with Gasteiger partial charge in [0.1, 0.15) is 23.5 Å². The van der Waals surface area contributed by atoms with Crippen LogP contribution in [-0.4, -0.2) is 53.0 Å². The maximum atomic E-state index is 7.47. The van der Waals surface area contributed by atoms with Crippen molar-refractivity contribution >= 4 is 51.4 Å². The topological polar surface area (TPSA) is 105 Å². The molecule has 0 amide bonds. The van der Waals surface area contributed by atoms with Crippen LogP contribution in [0, 0.1) is 5.41 Å². The van der Waals surface area contributed by atoms with E-state index in [4.69, 9.17) is 32.5 Å². The highest BCUT2D eigenvalue weighted by Crippen LogP contribution is 2.41. The number of rotatable bonds is 5. The van der Waals surface area contributed by atoms with Gasteiger partial charge in [-0.15, -0.1) is 0 Å². The SMILES string of the molecule is N=CN=C(N)c1cc(N2CCOCC2)cc2c1nc(C1CCC1)n2-c1ccnc2c(Cl)cccc12. The van der Waals surface area contributed by atoms with Crippen LogP contribution in [0.15, 0.2) is 47.6 Å². The highest BCUT2D eigenvalue weighted by atomic mass is 35.5. The number of nitrogens with zero attached hydrogens (tertiary/aromatic N) is 5. The van der Waals surface area contributed by atoms with Gasteiger partial charge in [-0.3, -0.25) is 15.0 Å². The number of benzene rings is 2. The smallest absolute Gasteiger partial charge is 0.134 e. The normalized spacial score (nSPS) is 17.2. The summed E-state index contributed by atoms with van der Waals surface area (Å²) in [5.41, 5.74) is 11.7. The standard InChI is InChI=1S/C26H26ClN7O/c27-20-6-2-5-18-21(7-8-30-23(18)20)34-22-14-17(33-9-11-35-12-10-33)13-19(25(29)31-15-28)24(22)32-26(34)16-3-1-4-16/h2,5-8,13-16H,1,3-4,9-12H2,(H3,28,29,31). The summed E-state index contributed by atoms with van der Waals surface area (Å²) in [5, 5.41) is 9.07. The fourth-order valence-corrected chi connectivity index (χ4v) is 5.26. The Balaban J connectivity index is 1.68. The van der Waals surface area contributed by atoms with Gasteiger partial charge in [0.25, 0.3) is 0 Å². The van der Waals surface area contributed by atoms with Gasteiger partial charge < -0.3 is 15.4 Å². The Morgan fingerprint density at radius 1 is 1.17 bits per heavy atom. The molecule has 4 aromatic rings. The molecule has 178 valence electrons. The first-order valence-corrected chi connectivity index (χ1v) is 12.3. The average Bonchev–Trinajstić information content (AvgIpc) is 3.21. The summed E-state index contributed by atoms with van der Waals surface area (Å²) in [4.78, 5) is 16.1. The second-order valence-electron chi connectivity index (χ2n) is 9.00. The Kier molecular flexibility index (Phi) is 5.62. The molecule has 0 radical (unpaired) electrons. The number of anilines is 1. The molecule has 0 unspecified atom stereocenters. The molecule has 1 saturated heterocycles. The summed E-state index contributed by atoms with van der Waals surface area (Å²) in [6.45, 7) is 2.95. The van der Waals surface area contributed by atoms with Crippen LogP contribution in [0.2, 0.25) is 5.02 Å². The number of pyridine rings is 1. The molecule has 0 atom stereocenters. The fourth-order valence-electron chi connectivity index (χ4n) is 5.03. The third-order valence-corrected chi connectivity index (χ3v) is 7.34. The van der Waals surface area contributed by atoms with Crippen LogP contribution in [0.25, 0.3) is 27.6 Å². The Labute approximate surface area is 207 Å². The van der Waals surface area contributed by atoms with Crippen molar-refractivity contribution in [3.05, 3.63) is 59.0 Å². The molecule has 2 aliphatic rings. The van der Waals surface area contributed by atoms with Gasteiger partial charge in [-0.1, -0.05) is 30.2 Å². The maximum Gasteiger partial charge on any atom is 0.134 e. The highest BCUT2D eigenvalue weighted by Gasteiger charge is 2.29. The molecule has 0 spiro atoms. The predicted octanol–water partition coefficient (Wildman–Crippen LogP) is 4.64. The second kappa shape index (κ2) is 8.94. The number of halogens is 1.